The number of aromatic nitrogens is 5. The predicted molar refractivity (Wildman–Crippen MR) is 102 cm³/mol. The minimum absolute atomic E-state index is 0.255. The number of rotatable bonds is 6. The summed E-state index contributed by atoms with van der Waals surface area (Å²) in [6.45, 7) is 0.387. The highest BCUT2D eigenvalue weighted by molar-refractivity contribution is 6.04. The zero-order valence-electron chi connectivity index (χ0n) is 14.8. The first kappa shape index (κ1) is 17.3. The Balaban J connectivity index is 1.59. The van der Waals surface area contributed by atoms with Crippen LogP contribution < -0.4 is 10.1 Å². The van der Waals surface area contributed by atoms with Crippen LogP contribution in [-0.4, -0.2) is 31.1 Å². The molecule has 28 heavy (non-hydrogen) atoms. The Hall–Kier alpha value is -4.07. The third kappa shape index (κ3) is 4.01. The first-order chi connectivity index (χ1) is 13.8. The molecule has 0 radical (unpaired) electrons. The van der Waals surface area contributed by atoms with Gasteiger partial charge in [0.25, 0.3) is 5.91 Å². The number of hydrogen-bond donors (Lipinski definition) is 1. The monoisotopic (exact) mass is 372 g/mol. The molecular formula is C20H16N6O2. The van der Waals surface area contributed by atoms with Crippen LogP contribution >= 0.6 is 0 Å². The van der Waals surface area contributed by atoms with E-state index in [9.17, 15) is 4.79 Å². The molecule has 0 fully saturated rings. The third-order valence-corrected chi connectivity index (χ3v) is 3.99. The SMILES string of the molecule is O=C(Nc1ccncc1)c1ccc(OCc2ccccc2)c(-n2cnnn2)c1. The van der Waals surface area contributed by atoms with Crippen molar-refractivity contribution in [2.45, 2.75) is 6.61 Å². The van der Waals surface area contributed by atoms with Crippen LogP contribution in [-0.2, 0) is 6.61 Å². The fourth-order valence-corrected chi connectivity index (χ4v) is 2.61. The second kappa shape index (κ2) is 8.09. The van der Waals surface area contributed by atoms with Crippen molar-refractivity contribution in [1.29, 1.82) is 0 Å². The van der Waals surface area contributed by atoms with Crippen LogP contribution in [0.15, 0.2) is 79.4 Å². The number of ether oxygens (including phenoxy) is 1. The molecule has 138 valence electrons. The molecule has 0 aliphatic heterocycles. The summed E-state index contributed by atoms with van der Waals surface area (Å²) in [5.74, 6) is 0.312. The summed E-state index contributed by atoms with van der Waals surface area (Å²) in [7, 11) is 0. The number of amides is 1. The molecule has 0 atom stereocenters. The van der Waals surface area contributed by atoms with Crippen molar-refractivity contribution < 1.29 is 9.53 Å². The molecule has 0 aliphatic rings. The second-order valence-corrected chi connectivity index (χ2v) is 5.90. The Morgan fingerprint density at radius 1 is 1.04 bits per heavy atom. The molecule has 0 saturated heterocycles. The van der Waals surface area contributed by atoms with E-state index >= 15 is 0 Å². The number of nitrogens with zero attached hydrogens (tertiary/aromatic N) is 5. The largest absolute Gasteiger partial charge is 0.487 e. The van der Waals surface area contributed by atoms with Gasteiger partial charge in [-0.1, -0.05) is 30.3 Å². The lowest BCUT2D eigenvalue weighted by Gasteiger charge is -2.13. The van der Waals surface area contributed by atoms with Crippen LogP contribution in [0.3, 0.4) is 0 Å². The molecule has 0 spiro atoms. The average molecular weight is 372 g/mol. The van der Waals surface area contributed by atoms with E-state index < -0.39 is 0 Å². The highest BCUT2D eigenvalue weighted by Crippen LogP contribution is 2.25. The molecule has 1 amide bonds. The van der Waals surface area contributed by atoms with Gasteiger partial charge in [-0.15, -0.1) is 5.10 Å². The van der Waals surface area contributed by atoms with Gasteiger partial charge in [0.1, 0.15) is 24.4 Å². The molecule has 8 heteroatoms. The van der Waals surface area contributed by atoms with Gasteiger partial charge in [-0.25, -0.2) is 0 Å². The Morgan fingerprint density at radius 2 is 1.86 bits per heavy atom. The van der Waals surface area contributed by atoms with Gasteiger partial charge in [-0.2, -0.15) is 4.68 Å². The molecule has 0 saturated carbocycles. The van der Waals surface area contributed by atoms with Crippen molar-refractivity contribution in [2.75, 3.05) is 5.32 Å². The summed E-state index contributed by atoms with van der Waals surface area (Å²) in [5.41, 5.74) is 2.72. The normalized spacial score (nSPS) is 10.4. The van der Waals surface area contributed by atoms with Crippen LogP contribution in [0.2, 0.25) is 0 Å². The number of carbonyl (C=O) groups is 1. The Labute approximate surface area is 160 Å². The topological polar surface area (TPSA) is 94.8 Å². The number of tetrazole rings is 1. The van der Waals surface area contributed by atoms with E-state index in [1.54, 1.807) is 42.7 Å². The van der Waals surface area contributed by atoms with Crippen LogP contribution in [0, 0.1) is 0 Å². The molecule has 8 nitrogen and oxygen atoms in total. The van der Waals surface area contributed by atoms with E-state index in [1.807, 2.05) is 30.3 Å². The molecule has 0 unspecified atom stereocenters. The third-order valence-electron chi connectivity index (χ3n) is 3.99. The molecule has 0 aliphatic carbocycles. The Bertz CT molecular complexity index is 1050. The zero-order chi connectivity index (χ0) is 19.2. The van der Waals surface area contributed by atoms with E-state index in [2.05, 4.69) is 25.8 Å². The van der Waals surface area contributed by atoms with Gasteiger partial charge in [0, 0.05) is 23.6 Å². The standard InChI is InChI=1S/C20H16N6O2/c27-20(23-17-8-10-21-11-9-17)16-6-7-19(18(12-16)26-14-22-24-25-26)28-13-15-4-2-1-3-5-15/h1-12,14H,13H2,(H,21,23,27). The van der Waals surface area contributed by atoms with Crippen molar-refractivity contribution in [1.82, 2.24) is 25.2 Å². The van der Waals surface area contributed by atoms with Crippen molar-refractivity contribution in [3.05, 3.63) is 90.5 Å². The van der Waals surface area contributed by atoms with Gasteiger partial charge in [0.15, 0.2) is 0 Å². The summed E-state index contributed by atoms with van der Waals surface area (Å²) in [6, 6.07) is 18.4. The van der Waals surface area contributed by atoms with E-state index in [1.165, 1.54) is 11.0 Å². The van der Waals surface area contributed by atoms with E-state index in [0.29, 0.717) is 29.3 Å². The van der Waals surface area contributed by atoms with Gasteiger partial charge in [-0.3, -0.25) is 9.78 Å². The van der Waals surface area contributed by atoms with Gasteiger partial charge in [-0.05, 0) is 46.3 Å². The van der Waals surface area contributed by atoms with Gasteiger partial charge in [0.2, 0.25) is 0 Å². The van der Waals surface area contributed by atoms with Crippen LogP contribution in [0.25, 0.3) is 5.69 Å². The minimum atomic E-state index is -0.255. The molecule has 2 aromatic carbocycles. The summed E-state index contributed by atoms with van der Waals surface area (Å²) < 4.78 is 7.41. The number of anilines is 1. The maximum absolute atomic E-state index is 12.6. The van der Waals surface area contributed by atoms with E-state index in [4.69, 9.17) is 4.74 Å². The summed E-state index contributed by atoms with van der Waals surface area (Å²) >= 11 is 0. The van der Waals surface area contributed by atoms with E-state index in [0.717, 1.165) is 5.56 Å². The number of nitrogens with one attached hydrogen (secondary N) is 1. The van der Waals surface area contributed by atoms with Crippen molar-refractivity contribution >= 4 is 11.6 Å². The highest BCUT2D eigenvalue weighted by Gasteiger charge is 2.14. The lowest BCUT2D eigenvalue weighted by Crippen LogP contribution is -2.13. The van der Waals surface area contributed by atoms with Crippen LogP contribution in [0.1, 0.15) is 15.9 Å². The number of carbonyl (C=O) groups excluding carboxylic acids is 1. The molecular weight excluding hydrogens is 356 g/mol. The lowest BCUT2D eigenvalue weighted by molar-refractivity contribution is 0.102. The maximum Gasteiger partial charge on any atom is 0.255 e. The molecule has 1 N–H and O–H groups in total. The predicted octanol–water partition coefficient (Wildman–Crippen LogP) is 2.89. The van der Waals surface area contributed by atoms with Crippen LogP contribution in [0.4, 0.5) is 5.69 Å². The van der Waals surface area contributed by atoms with Crippen molar-refractivity contribution in [2.24, 2.45) is 0 Å². The van der Waals surface area contributed by atoms with Crippen molar-refractivity contribution in [3.8, 4) is 11.4 Å². The lowest BCUT2D eigenvalue weighted by atomic mass is 10.1. The maximum atomic E-state index is 12.6. The van der Waals surface area contributed by atoms with Crippen LogP contribution in [0.5, 0.6) is 5.75 Å². The Morgan fingerprint density at radius 3 is 2.61 bits per heavy atom. The zero-order valence-corrected chi connectivity index (χ0v) is 14.8. The number of benzene rings is 2. The minimum Gasteiger partial charge on any atom is -0.487 e. The fourth-order valence-electron chi connectivity index (χ4n) is 2.61. The highest BCUT2D eigenvalue weighted by atomic mass is 16.5. The van der Waals surface area contributed by atoms with Gasteiger partial charge < -0.3 is 10.1 Å². The molecule has 2 aromatic heterocycles. The first-order valence-corrected chi connectivity index (χ1v) is 8.55. The number of pyridine rings is 1. The molecule has 0 bridgehead atoms. The summed E-state index contributed by atoms with van der Waals surface area (Å²) in [6.07, 6.45) is 4.68. The summed E-state index contributed by atoms with van der Waals surface area (Å²) in [5, 5.41) is 14.1. The van der Waals surface area contributed by atoms with Crippen molar-refractivity contribution in [3.63, 3.8) is 0 Å². The summed E-state index contributed by atoms with van der Waals surface area (Å²) in [4.78, 5) is 16.5. The van der Waals surface area contributed by atoms with Gasteiger partial charge >= 0.3 is 0 Å². The fraction of sp³-hybridized carbons (Fsp3) is 0.0500. The smallest absolute Gasteiger partial charge is 0.255 e. The first-order valence-electron chi connectivity index (χ1n) is 8.55. The van der Waals surface area contributed by atoms with Gasteiger partial charge in [0.05, 0.1) is 0 Å². The molecule has 4 aromatic rings. The second-order valence-electron chi connectivity index (χ2n) is 5.90. The quantitative estimate of drug-likeness (QED) is 0.559. The Kier molecular flexibility index (Phi) is 5.01. The number of hydrogen-bond acceptors (Lipinski definition) is 6. The molecule has 2 heterocycles. The average Bonchev–Trinajstić information content (AvgIpc) is 3.28. The molecule has 4 rings (SSSR count). The van der Waals surface area contributed by atoms with E-state index in [-0.39, 0.29) is 5.91 Å².